The number of esters is 3. The van der Waals surface area contributed by atoms with Crippen molar-refractivity contribution < 1.29 is 58.2 Å². The van der Waals surface area contributed by atoms with E-state index in [0.717, 1.165) is 148 Å². The van der Waals surface area contributed by atoms with Crippen molar-refractivity contribution in [3.05, 3.63) is 122 Å². The van der Waals surface area contributed by atoms with Gasteiger partial charge < -0.3 is 39.0 Å². The summed E-state index contributed by atoms with van der Waals surface area (Å²) in [5.74, 6) is -3.18. The number of hydrogen-bond acceptors (Lipinski definition) is 11. The van der Waals surface area contributed by atoms with Gasteiger partial charge >= 0.3 is 23.9 Å². The Labute approximate surface area is 516 Å². The lowest BCUT2D eigenvalue weighted by Gasteiger charge is -2.40. The fraction of sp³-hybridized carbons (Fsp3) is 0.671. The summed E-state index contributed by atoms with van der Waals surface area (Å²) in [7, 11) is 0. The molecule has 0 bridgehead atoms. The van der Waals surface area contributed by atoms with E-state index in [4.69, 9.17) is 23.7 Å². The van der Waals surface area contributed by atoms with Crippen LogP contribution in [0.5, 0.6) is 0 Å². The van der Waals surface area contributed by atoms with E-state index in [2.05, 4.69) is 142 Å². The number of carbonyl (C=O) groups excluding carboxylic acids is 3. The first-order chi connectivity index (χ1) is 41.6. The molecule has 0 amide bonds. The summed E-state index contributed by atoms with van der Waals surface area (Å²) >= 11 is 0. The first-order valence-electron chi connectivity index (χ1n) is 33.5. The third kappa shape index (κ3) is 48.9. The summed E-state index contributed by atoms with van der Waals surface area (Å²) in [6.45, 7) is 5.74. The second kappa shape index (κ2) is 59.5. The monoisotopic (exact) mass is 1190 g/mol. The summed E-state index contributed by atoms with van der Waals surface area (Å²) in [6.07, 6.45) is 70.0. The Bertz CT molecular complexity index is 1940. The zero-order chi connectivity index (χ0) is 61.7. The second-order valence-electron chi connectivity index (χ2n) is 22.3. The average Bonchev–Trinajstić information content (AvgIpc) is 2.79. The number of ether oxygens (including phenoxy) is 5. The standard InChI is InChI=1S/C73H118O12/c1-4-7-10-13-16-19-22-25-28-31-33-36-38-41-44-47-50-53-56-59-65(74)81-62-64(83-66(75)60-57-54-51-48-45-42-39-35-30-27-24-21-18-15-12-9-6-3)63-82-73-71(69(78)68(77)70(85-73)72(79)80)84-67(76)61-58-55-52-49-46-43-40-37-34-32-29-26-23-20-17-14-11-8-5-2/h8-9,11-12,16-21,25-30,34,37,39,42,64,68-71,73,77-78H,4-7,10,13-15,22-24,31-33,35-36,38,40-41,43-63H2,1-3H3,(H,79,80)/b11-8-,12-9-,19-16-,20-17-,21-18-,28-25-,29-26-,30-27-,37-34-,42-39-. The molecule has 1 rings (SSSR count). The molecule has 0 saturated carbocycles. The summed E-state index contributed by atoms with van der Waals surface area (Å²) in [4.78, 5) is 51.4. The van der Waals surface area contributed by atoms with Gasteiger partial charge in [-0.2, -0.15) is 0 Å². The highest BCUT2D eigenvalue weighted by Crippen LogP contribution is 2.26. The average molecular weight is 1190 g/mol. The number of hydrogen-bond donors (Lipinski definition) is 3. The van der Waals surface area contributed by atoms with Crippen LogP contribution in [0.25, 0.3) is 0 Å². The van der Waals surface area contributed by atoms with E-state index in [1.165, 1.54) is 57.8 Å². The maximum atomic E-state index is 13.2. The zero-order valence-electron chi connectivity index (χ0n) is 53.3. The smallest absolute Gasteiger partial charge is 0.335 e. The minimum atomic E-state index is -1.92. The SMILES string of the molecule is CC/C=C\C/C=C\C/C=C\C/C=C\CCCCCCCCC(=O)OC1C(OCC(COC(=O)CCCCCCCCCCC/C=C\C/C=C\CCCCC)OC(=O)CCCCCC/C=C\C/C=C\C/C=C\C/C=C\CC)OC(C(=O)O)C(O)C1O. The number of rotatable bonds is 56. The summed E-state index contributed by atoms with van der Waals surface area (Å²) in [5, 5.41) is 31.6. The van der Waals surface area contributed by atoms with Gasteiger partial charge in [-0.3, -0.25) is 14.4 Å². The fourth-order valence-corrected chi connectivity index (χ4v) is 9.44. The van der Waals surface area contributed by atoms with Crippen LogP contribution in [0.2, 0.25) is 0 Å². The number of aliphatic hydroxyl groups excluding tert-OH is 2. The molecule has 0 aromatic rings. The van der Waals surface area contributed by atoms with E-state index in [0.29, 0.717) is 19.3 Å². The summed E-state index contributed by atoms with van der Waals surface area (Å²) in [5.41, 5.74) is 0. The van der Waals surface area contributed by atoms with Crippen LogP contribution in [-0.4, -0.2) is 89.2 Å². The third-order valence-corrected chi connectivity index (χ3v) is 14.5. The molecular formula is C73H118O12. The molecule has 12 nitrogen and oxygen atoms in total. The van der Waals surface area contributed by atoms with Crippen LogP contribution in [-0.2, 0) is 42.9 Å². The van der Waals surface area contributed by atoms with Crippen molar-refractivity contribution in [3.63, 3.8) is 0 Å². The van der Waals surface area contributed by atoms with Gasteiger partial charge in [-0.05, 0) is 128 Å². The van der Waals surface area contributed by atoms with Gasteiger partial charge in [0.15, 0.2) is 24.6 Å². The van der Waals surface area contributed by atoms with E-state index in [1.807, 2.05) is 0 Å². The Morgan fingerprint density at radius 2 is 0.741 bits per heavy atom. The lowest BCUT2D eigenvalue weighted by Crippen LogP contribution is -2.61. The van der Waals surface area contributed by atoms with Crippen LogP contribution in [0.4, 0.5) is 0 Å². The van der Waals surface area contributed by atoms with E-state index >= 15 is 0 Å². The summed E-state index contributed by atoms with van der Waals surface area (Å²) < 4.78 is 28.5. The molecule has 1 aliphatic rings. The number of unbranched alkanes of at least 4 members (excludes halogenated alkanes) is 22. The number of carboxylic acid groups (broad SMARTS) is 1. The van der Waals surface area contributed by atoms with E-state index in [9.17, 15) is 34.5 Å². The van der Waals surface area contributed by atoms with Crippen molar-refractivity contribution in [2.75, 3.05) is 13.2 Å². The van der Waals surface area contributed by atoms with Gasteiger partial charge in [-0.1, -0.05) is 239 Å². The molecule has 0 aliphatic carbocycles. The van der Waals surface area contributed by atoms with E-state index < -0.39 is 67.3 Å². The van der Waals surface area contributed by atoms with Crippen LogP contribution < -0.4 is 0 Å². The number of carbonyl (C=O) groups is 4. The zero-order valence-corrected chi connectivity index (χ0v) is 53.3. The van der Waals surface area contributed by atoms with Crippen LogP contribution >= 0.6 is 0 Å². The van der Waals surface area contributed by atoms with Crippen LogP contribution in [0.15, 0.2) is 122 Å². The lowest BCUT2D eigenvalue weighted by molar-refractivity contribution is -0.301. The maximum absolute atomic E-state index is 13.2. The van der Waals surface area contributed by atoms with Crippen molar-refractivity contribution in [1.29, 1.82) is 0 Å². The Hall–Kier alpha value is -4.88. The number of aliphatic carboxylic acids is 1. The number of aliphatic hydroxyl groups is 2. The van der Waals surface area contributed by atoms with E-state index in [-0.39, 0.29) is 25.9 Å². The minimum absolute atomic E-state index is 0.0349. The minimum Gasteiger partial charge on any atom is -0.479 e. The molecular weight excluding hydrogens is 1070 g/mol. The first-order valence-corrected chi connectivity index (χ1v) is 33.5. The normalized spacial score (nSPS) is 18.2. The molecule has 1 heterocycles. The van der Waals surface area contributed by atoms with Crippen molar-refractivity contribution in [3.8, 4) is 0 Å². The third-order valence-electron chi connectivity index (χ3n) is 14.5. The molecule has 1 aliphatic heterocycles. The van der Waals surface area contributed by atoms with Crippen molar-refractivity contribution in [1.82, 2.24) is 0 Å². The molecule has 12 heteroatoms. The lowest BCUT2D eigenvalue weighted by atomic mass is 9.98. The second-order valence-corrected chi connectivity index (χ2v) is 22.3. The molecule has 0 aromatic heterocycles. The Balaban J connectivity index is 2.68. The molecule has 6 unspecified atom stereocenters. The molecule has 85 heavy (non-hydrogen) atoms. The molecule has 482 valence electrons. The number of carboxylic acids is 1. The first kappa shape index (κ1) is 78.1. The Morgan fingerprint density at radius 1 is 0.400 bits per heavy atom. The predicted octanol–water partition coefficient (Wildman–Crippen LogP) is 18.3. The Kier molecular flexibility index (Phi) is 54.6. The summed E-state index contributed by atoms with van der Waals surface area (Å²) in [6, 6.07) is 0. The highest BCUT2D eigenvalue weighted by atomic mass is 16.7. The van der Waals surface area contributed by atoms with Crippen LogP contribution in [0.1, 0.15) is 265 Å². The molecule has 0 spiro atoms. The maximum Gasteiger partial charge on any atom is 0.335 e. The van der Waals surface area contributed by atoms with Crippen molar-refractivity contribution in [2.24, 2.45) is 0 Å². The van der Waals surface area contributed by atoms with Crippen molar-refractivity contribution in [2.45, 2.75) is 302 Å². The van der Waals surface area contributed by atoms with Gasteiger partial charge in [0.05, 0.1) is 6.61 Å². The molecule has 3 N–H and O–H groups in total. The fourth-order valence-electron chi connectivity index (χ4n) is 9.44. The molecule has 0 aromatic carbocycles. The topological polar surface area (TPSA) is 175 Å². The van der Waals surface area contributed by atoms with Gasteiger partial charge in [0.2, 0.25) is 0 Å². The molecule has 1 saturated heterocycles. The molecule has 0 radical (unpaired) electrons. The van der Waals surface area contributed by atoms with Gasteiger partial charge in [-0.15, -0.1) is 0 Å². The largest absolute Gasteiger partial charge is 0.479 e. The molecule has 6 atom stereocenters. The van der Waals surface area contributed by atoms with Crippen LogP contribution in [0.3, 0.4) is 0 Å². The van der Waals surface area contributed by atoms with Gasteiger partial charge in [0, 0.05) is 19.3 Å². The van der Waals surface area contributed by atoms with Gasteiger partial charge in [0.1, 0.15) is 18.8 Å². The number of allylic oxidation sites excluding steroid dienone is 20. The van der Waals surface area contributed by atoms with Gasteiger partial charge in [0.25, 0.3) is 0 Å². The molecule has 1 fully saturated rings. The van der Waals surface area contributed by atoms with E-state index in [1.54, 1.807) is 0 Å². The quantitative estimate of drug-likeness (QED) is 0.0228. The van der Waals surface area contributed by atoms with Crippen LogP contribution in [0, 0.1) is 0 Å². The predicted molar refractivity (Wildman–Crippen MR) is 349 cm³/mol. The van der Waals surface area contributed by atoms with Crippen molar-refractivity contribution >= 4 is 23.9 Å². The Morgan fingerprint density at radius 3 is 1.13 bits per heavy atom. The van der Waals surface area contributed by atoms with Gasteiger partial charge in [-0.25, -0.2) is 4.79 Å². The highest BCUT2D eigenvalue weighted by molar-refractivity contribution is 5.74. The highest BCUT2D eigenvalue weighted by Gasteiger charge is 2.50.